The molecule has 0 heterocycles. The zero-order valence-electron chi connectivity index (χ0n) is 12.5. The van der Waals surface area contributed by atoms with E-state index < -0.39 is 0 Å². The highest BCUT2D eigenvalue weighted by Gasteiger charge is 2.13. The zero-order chi connectivity index (χ0) is 14.8. The average molecular weight is 289 g/mol. The zero-order valence-corrected chi connectivity index (χ0v) is 13.3. The van der Waals surface area contributed by atoms with Crippen molar-refractivity contribution in [3.63, 3.8) is 0 Å². The molecule has 2 aromatic rings. The van der Waals surface area contributed by atoms with Crippen LogP contribution in [0.1, 0.15) is 37.5 Å². The van der Waals surface area contributed by atoms with Crippen LogP contribution in [0, 0.1) is 6.92 Å². The third-order valence-electron chi connectivity index (χ3n) is 3.41. The highest BCUT2D eigenvalue weighted by molar-refractivity contribution is 6.17. The van der Waals surface area contributed by atoms with E-state index >= 15 is 0 Å². The first-order valence-electron chi connectivity index (χ1n) is 6.84. The van der Waals surface area contributed by atoms with Crippen molar-refractivity contribution in [1.82, 2.24) is 0 Å². The Hall–Kier alpha value is -1.47. The van der Waals surface area contributed by atoms with E-state index in [1.165, 1.54) is 5.56 Å². The maximum atomic E-state index is 5.88. The van der Waals surface area contributed by atoms with Crippen LogP contribution >= 0.6 is 11.6 Å². The molecule has 0 bridgehead atoms. The number of benzene rings is 2. The van der Waals surface area contributed by atoms with E-state index in [0.29, 0.717) is 5.88 Å². The van der Waals surface area contributed by atoms with Crippen molar-refractivity contribution in [3.8, 4) is 11.5 Å². The number of halogens is 1. The molecule has 0 aliphatic carbocycles. The van der Waals surface area contributed by atoms with Crippen molar-refractivity contribution in [2.45, 2.75) is 39.0 Å². The van der Waals surface area contributed by atoms with Gasteiger partial charge in [0, 0.05) is 5.88 Å². The standard InChI is InChI=1S/C18H21ClO/c1-13-11-17(8-5-14(13)12-19)20-16-9-6-15(7-10-16)18(2,3)4/h5-11H,12H2,1-4H3. The van der Waals surface area contributed by atoms with E-state index in [1.807, 2.05) is 37.3 Å². The van der Waals surface area contributed by atoms with E-state index in [1.54, 1.807) is 0 Å². The molecule has 106 valence electrons. The Morgan fingerprint density at radius 3 is 2.05 bits per heavy atom. The van der Waals surface area contributed by atoms with Crippen LogP contribution in [-0.2, 0) is 11.3 Å². The lowest BCUT2D eigenvalue weighted by atomic mass is 9.87. The Balaban J connectivity index is 2.16. The molecule has 0 aliphatic heterocycles. The van der Waals surface area contributed by atoms with Gasteiger partial charge in [-0.25, -0.2) is 0 Å². The second-order valence-electron chi connectivity index (χ2n) is 6.10. The minimum atomic E-state index is 0.164. The maximum absolute atomic E-state index is 5.88. The average Bonchev–Trinajstić information content (AvgIpc) is 2.38. The molecule has 0 fully saturated rings. The molecular formula is C18H21ClO. The van der Waals surface area contributed by atoms with Crippen LogP contribution < -0.4 is 4.74 Å². The summed E-state index contributed by atoms with van der Waals surface area (Å²) in [6.07, 6.45) is 0. The van der Waals surface area contributed by atoms with Gasteiger partial charge in [-0.1, -0.05) is 39.0 Å². The highest BCUT2D eigenvalue weighted by Crippen LogP contribution is 2.28. The number of rotatable bonds is 3. The Kier molecular flexibility index (Phi) is 4.39. The van der Waals surface area contributed by atoms with E-state index in [9.17, 15) is 0 Å². The van der Waals surface area contributed by atoms with Gasteiger partial charge in [0.1, 0.15) is 11.5 Å². The van der Waals surface area contributed by atoms with E-state index in [0.717, 1.165) is 22.6 Å². The molecule has 0 atom stereocenters. The molecule has 0 saturated carbocycles. The van der Waals surface area contributed by atoms with E-state index in [2.05, 4.69) is 32.9 Å². The summed E-state index contributed by atoms with van der Waals surface area (Å²) in [6.45, 7) is 8.67. The largest absolute Gasteiger partial charge is 0.457 e. The van der Waals surface area contributed by atoms with Crippen molar-refractivity contribution in [2.24, 2.45) is 0 Å². The molecule has 0 saturated heterocycles. The van der Waals surface area contributed by atoms with Crippen molar-refractivity contribution >= 4 is 11.6 Å². The summed E-state index contributed by atoms with van der Waals surface area (Å²) in [5, 5.41) is 0. The van der Waals surface area contributed by atoms with Crippen LogP contribution in [0.25, 0.3) is 0 Å². The van der Waals surface area contributed by atoms with E-state index in [4.69, 9.17) is 16.3 Å². The van der Waals surface area contributed by atoms with Crippen LogP contribution in [0.3, 0.4) is 0 Å². The molecule has 0 radical (unpaired) electrons. The van der Waals surface area contributed by atoms with Gasteiger partial charge in [0.05, 0.1) is 0 Å². The third-order valence-corrected chi connectivity index (χ3v) is 3.70. The summed E-state index contributed by atoms with van der Waals surface area (Å²) in [7, 11) is 0. The molecule has 2 rings (SSSR count). The predicted octanol–water partition coefficient (Wildman–Crippen LogP) is 5.82. The molecule has 0 spiro atoms. The number of hydrogen-bond donors (Lipinski definition) is 0. The molecule has 2 aromatic carbocycles. The van der Waals surface area contributed by atoms with Crippen molar-refractivity contribution in [2.75, 3.05) is 0 Å². The van der Waals surface area contributed by atoms with Crippen LogP contribution in [0.15, 0.2) is 42.5 Å². The molecule has 2 heteroatoms. The van der Waals surface area contributed by atoms with Crippen molar-refractivity contribution < 1.29 is 4.74 Å². The van der Waals surface area contributed by atoms with Gasteiger partial charge in [-0.2, -0.15) is 0 Å². The molecule has 0 N–H and O–H groups in total. The molecule has 0 amide bonds. The fourth-order valence-electron chi connectivity index (χ4n) is 2.04. The van der Waals surface area contributed by atoms with Crippen LogP contribution in [0.2, 0.25) is 0 Å². The lowest BCUT2D eigenvalue weighted by molar-refractivity contribution is 0.481. The molecule has 20 heavy (non-hydrogen) atoms. The van der Waals surface area contributed by atoms with Gasteiger partial charge in [0.25, 0.3) is 0 Å². The van der Waals surface area contributed by atoms with Gasteiger partial charge in [-0.3, -0.25) is 0 Å². The van der Waals surface area contributed by atoms with Gasteiger partial charge in [-0.05, 0) is 53.3 Å². The lowest BCUT2D eigenvalue weighted by Crippen LogP contribution is -2.10. The quantitative estimate of drug-likeness (QED) is 0.646. The molecule has 0 aliphatic rings. The molecule has 1 nitrogen and oxygen atoms in total. The van der Waals surface area contributed by atoms with E-state index in [-0.39, 0.29) is 5.41 Å². The predicted molar refractivity (Wildman–Crippen MR) is 86.0 cm³/mol. The topological polar surface area (TPSA) is 9.23 Å². The van der Waals surface area contributed by atoms with Crippen molar-refractivity contribution in [3.05, 3.63) is 59.2 Å². The SMILES string of the molecule is Cc1cc(Oc2ccc(C(C)(C)C)cc2)ccc1CCl. The Morgan fingerprint density at radius 2 is 1.55 bits per heavy atom. The molecular weight excluding hydrogens is 268 g/mol. The second kappa shape index (κ2) is 5.88. The monoisotopic (exact) mass is 288 g/mol. The summed E-state index contributed by atoms with van der Waals surface area (Å²) < 4.78 is 5.88. The van der Waals surface area contributed by atoms with Gasteiger partial charge >= 0.3 is 0 Å². The van der Waals surface area contributed by atoms with Gasteiger partial charge in [-0.15, -0.1) is 11.6 Å². The lowest BCUT2D eigenvalue weighted by Gasteiger charge is -2.19. The van der Waals surface area contributed by atoms with Crippen LogP contribution in [0.4, 0.5) is 0 Å². The second-order valence-corrected chi connectivity index (χ2v) is 6.37. The van der Waals surface area contributed by atoms with Gasteiger partial charge < -0.3 is 4.74 Å². The normalized spacial score (nSPS) is 11.4. The molecule has 0 unspecified atom stereocenters. The van der Waals surface area contributed by atoms with Gasteiger partial charge in [0.2, 0.25) is 0 Å². The fourth-order valence-corrected chi connectivity index (χ4v) is 2.34. The van der Waals surface area contributed by atoms with Crippen LogP contribution in [-0.4, -0.2) is 0 Å². The maximum Gasteiger partial charge on any atom is 0.127 e. The number of alkyl halides is 1. The first-order chi connectivity index (χ1) is 9.40. The highest BCUT2D eigenvalue weighted by atomic mass is 35.5. The first-order valence-corrected chi connectivity index (χ1v) is 7.37. The number of ether oxygens (including phenoxy) is 1. The minimum Gasteiger partial charge on any atom is -0.457 e. The summed E-state index contributed by atoms with van der Waals surface area (Å²) in [4.78, 5) is 0. The van der Waals surface area contributed by atoms with Crippen LogP contribution in [0.5, 0.6) is 11.5 Å². The Labute approximate surface area is 126 Å². The Morgan fingerprint density at radius 1 is 0.950 bits per heavy atom. The third kappa shape index (κ3) is 3.55. The minimum absolute atomic E-state index is 0.164. The Bertz CT molecular complexity index is 579. The number of aryl methyl sites for hydroxylation is 1. The smallest absolute Gasteiger partial charge is 0.127 e. The summed E-state index contributed by atoms with van der Waals surface area (Å²) in [5.41, 5.74) is 3.77. The molecule has 0 aromatic heterocycles. The first kappa shape index (κ1) is 14.9. The summed E-state index contributed by atoms with van der Waals surface area (Å²) >= 11 is 5.86. The fraction of sp³-hybridized carbons (Fsp3) is 0.333. The summed E-state index contributed by atoms with van der Waals surface area (Å²) in [6, 6.07) is 14.3. The summed E-state index contributed by atoms with van der Waals surface area (Å²) in [5.74, 6) is 2.24. The number of hydrogen-bond acceptors (Lipinski definition) is 1. The van der Waals surface area contributed by atoms with Crippen molar-refractivity contribution in [1.29, 1.82) is 0 Å². The van der Waals surface area contributed by atoms with Gasteiger partial charge in [0.15, 0.2) is 0 Å².